The number of carbonyl (C=O) groups excluding carboxylic acids is 1. The Kier molecular flexibility index (Phi) is 3.91. The van der Waals surface area contributed by atoms with Gasteiger partial charge < -0.3 is 4.74 Å². The molecule has 1 aromatic carbocycles. The van der Waals surface area contributed by atoms with Crippen LogP contribution in [0.2, 0.25) is 0 Å². The fourth-order valence-electron chi connectivity index (χ4n) is 2.08. The van der Waals surface area contributed by atoms with E-state index >= 15 is 0 Å². The first-order chi connectivity index (χ1) is 9.49. The number of carbonyl (C=O) groups is 1. The lowest BCUT2D eigenvalue weighted by molar-refractivity contribution is 0.00636. The van der Waals surface area contributed by atoms with Gasteiger partial charge in [0.1, 0.15) is 5.60 Å². The zero-order valence-corrected chi connectivity index (χ0v) is 14.9. The van der Waals surface area contributed by atoms with Crippen molar-refractivity contribution in [3.8, 4) is 0 Å². The van der Waals surface area contributed by atoms with Crippen molar-refractivity contribution >= 4 is 32.8 Å². The fourth-order valence-corrected chi connectivity index (χ4v) is 2.44. The third-order valence-corrected chi connectivity index (χ3v) is 3.36. The molecule has 0 bridgehead atoms. The van der Waals surface area contributed by atoms with Gasteiger partial charge in [-0.05, 0) is 59.7 Å². The molecule has 0 N–H and O–H groups in total. The Morgan fingerprint density at radius 3 is 2.33 bits per heavy atom. The van der Waals surface area contributed by atoms with Gasteiger partial charge in [-0.1, -0.05) is 15.9 Å². The van der Waals surface area contributed by atoms with E-state index in [1.54, 1.807) is 0 Å². The average Bonchev–Trinajstić information content (AvgIpc) is 2.64. The molecule has 114 valence electrons. The number of ether oxygens (including phenoxy) is 1. The van der Waals surface area contributed by atoms with Crippen LogP contribution in [0.5, 0.6) is 0 Å². The maximum atomic E-state index is 12.4. The summed E-state index contributed by atoms with van der Waals surface area (Å²) in [7, 11) is 0. The normalized spacial score (nSPS) is 12.7. The molecule has 4 nitrogen and oxygen atoms in total. The maximum Gasteiger partial charge on any atom is 0.360 e. The summed E-state index contributed by atoms with van der Waals surface area (Å²) in [5.41, 5.74) is 0.524. The third kappa shape index (κ3) is 3.46. The highest BCUT2D eigenvalue weighted by molar-refractivity contribution is 9.10. The van der Waals surface area contributed by atoms with E-state index in [-0.39, 0.29) is 5.54 Å². The van der Waals surface area contributed by atoms with Crippen LogP contribution >= 0.6 is 15.9 Å². The van der Waals surface area contributed by atoms with Crippen LogP contribution in [0.25, 0.3) is 10.9 Å². The van der Waals surface area contributed by atoms with Gasteiger partial charge in [-0.15, -0.1) is 0 Å². The number of esters is 1. The maximum absolute atomic E-state index is 12.4. The van der Waals surface area contributed by atoms with Crippen molar-refractivity contribution in [3.05, 3.63) is 28.4 Å². The first-order valence-corrected chi connectivity index (χ1v) is 7.70. The van der Waals surface area contributed by atoms with Gasteiger partial charge in [0.05, 0.1) is 11.1 Å². The second-order valence-electron chi connectivity index (χ2n) is 7.09. The zero-order valence-electron chi connectivity index (χ0n) is 13.3. The molecule has 5 heteroatoms. The number of fused-ring (bicyclic) bond motifs is 1. The summed E-state index contributed by atoms with van der Waals surface area (Å²) in [6.07, 6.45) is 0. The smallest absolute Gasteiger partial charge is 0.360 e. The summed E-state index contributed by atoms with van der Waals surface area (Å²) < 4.78 is 8.25. The van der Waals surface area contributed by atoms with E-state index in [9.17, 15) is 4.79 Å². The molecule has 0 amide bonds. The van der Waals surface area contributed by atoms with Crippen molar-refractivity contribution in [1.82, 2.24) is 9.78 Å². The van der Waals surface area contributed by atoms with E-state index in [1.807, 2.05) is 43.7 Å². The second kappa shape index (κ2) is 5.13. The van der Waals surface area contributed by atoms with Gasteiger partial charge in [0.15, 0.2) is 5.69 Å². The number of rotatable bonds is 1. The lowest BCUT2D eigenvalue weighted by atomic mass is 10.1. The van der Waals surface area contributed by atoms with E-state index < -0.39 is 11.6 Å². The van der Waals surface area contributed by atoms with Gasteiger partial charge in [0.2, 0.25) is 0 Å². The van der Waals surface area contributed by atoms with Crippen LogP contribution in [0.15, 0.2) is 22.7 Å². The van der Waals surface area contributed by atoms with E-state index in [4.69, 9.17) is 4.74 Å². The first-order valence-electron chi connectivity index (χ1n) is 6.91. The molecule has 0 spiro atoms. The molecule has 1 aromatic heterocycles. The quantitative estimate of drug-likeness (QED) is 0.709. The molecule has 2 aromatic rings. The summed E-state index contributed by atoms with van der Waals surface area (Å²) in [6.45, 7) is 11.7. The van der Waals surface area contributed by atoms with Gasteiger partial charge in [0.25, 0.3) is 0 Å². The number of aromatic nitrogens is 2. The number of nitrogens with zero attached hydrogens (tertiary/aromatic N) is 2. The predicted octanol–water partition coefficient (Wildman–Crippen LogP) is 4.51. The minimum Gasteiger partial charge on any atom is -0.455 e. The van der Waals surface area contributed by atoms with E-state index in [2.05, 4.69) is 41.8 Å². The van der Waals surface area contributed by atoms with Crippen molar-refractivity contribution in [2.24, 2.45) is 0 Å². The molecule has 0 aliphatic heterocycles. The highest BCUT2D eigenvalue weighted by atomic mass is 79.9. The zero-order chi connectivity index (χ0) is 16.0. The number of hydrogen-bond donors (Lipinski definition) is 0. The summed E-state index contributed by atoms with van der Waals surface area (Å²) in [5.74, 6) is -0.395. The fraction of sp³-hybridized carbons (Fsp3) is 0.500. The molecular formula is C16H21BrN2O2. The predicted molar refractivity (Wildman–Crippen MR) is 87.6 cm³/mol. The van der Waals surface area contributed by atoms with Gasteiger partial charge in [-0.3, -0.25) is 4.68 Å². The van der Waals surface area contributed by atoms with Crippen LogP contribution < -0.4 is 0 Å². The Bertz CT molecular complexity index is 691. The summed E-state index contributed by atoms with van der Waals surface area (Å²) in [6, 6.07) is 5.82. The van der Waals surface area contributed by atoms with Crippen molar-refractivity contribution in [2.45, 2.75) is 52.7 Å². The van der Waals surface area contributed by atoms with Crippen molar-refractivity contribution in [3.63, 3.8) is 0 Å². The average molecular weight is 353 g/mol. The Morgan fingerprint density at radius 1 is 1.19 bits per heavy atom. The number of halogens is 1. The topological polar surface area (TPSA) is 44.1 Å². The van der Waals surface area contributed by atoms with Crippen molar-refractivity contribution < 1.29 is 9.53 Å². The largest absolute Gasteiger partial charge is 0.455 e. The molecule has 0 unspecified atom stereocenters. The van der Waals surface area contributed by atoms with E-state index in [0.29, 0.717) is 5.69 Å². The monoisotopic (exact) mass is 352 g/mol. The highest BCUT2D eigenvalue weighted by Gasteiger charge is 2.26. The van der Waals surface area contributed by atoms with Crippen LogP contribution in [-0.2, 0) is 10.3 Å². The molecule has 0 atom stereocenters. The van der Waals surface area contributed by atoms with Gasteiger partial charge in [-0.2, -0.15) is 5.10 Å². The van der Waals surface area contributed by atoms with Gasteiger partial charge in [0, 0.05) is 9.86 Å². The molecule has 0 aliphatic carbocycles. The first kappa shape index (κ1) is 16.0. The molecular weight excluding hydrogens is 332 g/mol. The summed E-state index contributed by atoms with van der Waals surface area (Å²) in [5, 5.41) is 5.31. The van der Waals surface area contributed by atoms with Crippen LogP contribution in [0, 0.1) is 0 Å². The molecule has 1 heterocycles. The third-order valence-electron chi connectivity index (χ3n) is 2.87. The van der Waals surface area contributed by atoms with Crippen molar-refractivity contribution in [1.29, 1.82) is 0 Å². The minimum absolute atomic E-state index is 0.216. The highest BCUT2D eigenvalue weighted by Crippen LogP contribution is 2.28. The van der Waals surface area contributed by atoms with Crippen LogP contribution in [0.3, 0.4) is 0 Å². The van der Waals surface area contributed by atoms with Crippen molar-refractivity contribution in [2.75, 3.05) is 0 Å². The Morgan fingerprint density at radius 2 is 1.81 bits per heavy atom. The molecule has 21 heavy (non-hydrogen) atoms. The Labute approximate surface area is 133 Å². The summed E-state index contributed by atoms with van der Waals surface area (Å²) in [4.78, 5) is 12.4. The molecule has 0 radical (unpaired) electrons. The standard InChI is InChI=1S/C16H21BrN2O2/c1-15(2,3)19-12-8-7-10(17)9-11(12)13(18-19)14(20)21-16(4,5)6/h7-9H,1-6H3. The molecule has 0 saturated carbocycles. The number of benzene rings is 1. The molecule has 2 rings (SSSR count). The van der Waals surface area contributed by atoms with Gasteiger partial charge in [-0.25, -0.2) is 4.79 Å². The second-order valence-corrected chi connectivity index (χ2v) is 8.01. The van der Waals surface area contributed by atoms with E-state index in [1.165, 1.54) is 0 Å². The van der Waals surface area contributed by atoms with Gasteiger partial charge >= 0.3 is 5.97 Å². The van der Waals surface area contributed by atoms with E-state index in [0.717, 1.165) is 15.4 Å². The Balaban J connectivity index is 2.64. The van der Waals surface area contributed by atoms with Crippen LogP contribution in [0.4, 0.5) is 0 Å². The molecule has 0 aliphatic rings. The Hall–Kier alpha value is -1.36. The molecule has 0 saturated heterocycles. The SMILES string of the molecule is CC(C)(C)OC(=O)c1nn(C(C)(C)C)c2ccc(Br)cc12. The minimum atomic E-state index is -0.541. The van der Waals surface area contributed by atoms with Crippen LogP contribution in [0.1, 0.15) is 52.0 Å². The summed E-state index contributed by atoms with van der Waals surface area (Å²) >= 11 is 3.45. The van der Waals surface area contributed by atoms with Crippen LogP contribution in [-0.4, -0.2) is 21.4 Å². The lowest BCUT2D eigenvalue weighted by Gasteiger charge is -2.20. The molecule has 0 fully saturated rings. The lowest BCUT2D eigenvalue weighted by Crippen LogP contribution is -2.26. The number of hydrogen-bond acceptors (Lipinski definition) is 3.